The Balaban J connectivity index is 0.000000815. The molecule has 2 aliphatic heterocycles. The van der Waals surface area contributed by atoms with E-state index in [9.17, 15) is 4.79 Å². The fourth-order valence-corrected chi connectivity index (χ4v) is 3.81. The zero-order valence-electron chi connectivity index (χ0n) is 14.3. The lowest BCUT2D eigenvalue weighted by Gasteiger charge is -2.46. The molecule has 0 N–H and O–H groups in total. The molecule has 1 aromatic carbocycles. The van der Waals surface area contributed by atoms with Crippen molar-refractivity contribution in [2.75, 3.05) is 20.1 Å². The maximum atomic E-state index is 12.9. The molecule has 126 valence electrons. The topological polar surface area (TPSA) is 36.4 Å². The van der Waals surface area contributed by atoms with E-state index in [2.05, 4.69) is 16.9 Å². The molecule has 1 aromatic heterocycles. The Labute approximate surface area is 148 Å². The van der Waals surface area contributed by atoms with E-state index in [0.29, 0.717) is 17.3 Å². The van der Waals surface area contributed by atoms with Crippen LogP contribution in [-0.4, -0.2) is 40.8 Å². The van der Waals surface area contributed by atoms with Gasteiger partial charge >= 0.3 is 0 Å². The summed E-state index contributed by atoms with van der Waals surface area (Å²) in [6.07, 6.45) is 2.44. The lowest BCUT2D eigenvalue weighted by atomic mass is 9.86. The number of amides is 1. The van der Waals surface area contributed by atoms with Crippen LogP contribution in [0.4, 0.5) is 0 Å². The number of carbonyl (C=O) groups excluding carboxylic acids is 1. The van der Waals surface area contributed by atoms with Crippen molar-refractivity contribution in [3.8, 4) is 0 Å². The van der Waals surface area contributed by atoms with Crippen LogP contribution in [-0.2, 0) is 12.1 Å². The average Bonchev–Trinajstić information content (AvgIpc) is 2.96. The van der Waals surface area contributed by atoms with Gasteiger partial charge in [0.15, 0.2) is 0 Å². The Hall–Kier alpha value is -1.91. The van der Waals surface area contributed by atoms with Gasteiger partial charge in [0, 0.05) is 30.7 Å². The van der Waals surface area contributed by atoms with Crippen LogP contribution >= 0.6 is 11.6 Å². The zero-order valence-corrected chi connectivity index (χ0v) is 15.0. The van der Waals surface area contributed by atoms with Gasteiger partial charge in [0.1, 0.15) is 11.4 Å². The molecule has 3 heterocycles. The molecule has 1 amide bonds. The Morgan fingerprint density at radius 1 is 1.12 bits per heavy atom. The lowest BCUT2D eigenvalue weighted by molar-refractivity contribution is 0.0148. The number of nitrogens with zero attached hydrogens (tertiary/aromatic N) is 3. The van der Waals surface area contributed by atoms with E-state index in [1.54, 1.807) is 6.20 Å². The number of hydrogen-bond acceptors (Lipinski definition) is 3. The number of carbonyl (C=O) groups is 1. The molecular formula is C19H22ClN3O. The van der Waals surface area contributed by atoms with Crippen LogP contribution in [0.3, 0.4) is 0 Å². The Morgan fingerprint density at radius 2 is 1.83 bits per heavy atom. The second-order valence-corrected chi connectivity index (χ2v) is 6.33. The van der Waals surface area contributed by atoms with Gasteiger partial charge in [-0.2, -0.15) is 0 Å². The van der Waals surface area contributed by atoms with Crippen molar-refractivity contribution < 1.29 is 4.79 Å². The summed E-state index contributed by atoms with van der Waals surface area (Å²) in [5.41, 5.74) is 2.26. The van der Waals surface area contributed by atoms with E-state index in [0.717, 1.165) is 24.1 Å². The largest absolute Gasteiger partial charge is 0.313 e. The summed E-state index contributed by atoms with van der Waals surface area (Å²) in [6.45, 7) is 5.57. The molecule has 4 nitrogen and oxygen atoms in total. The van der Waals surface area contributed by atoms with Crippen LogP contribution in [0.15, 0.2) is 42.6 Å². The standard InChI is InChI=1S/C17H16ClN3O.C2H6/c1-20-9-10-21-16(22)15-12(3-2-8-19-15)11-17(20,21)13-4-6-14(18)7-5-13;1-2/h2-8H,9-11H2,1H3;1-2H3. The van der Waals surface area contributed by atoms with Gasteiger partial charge in [-0.15, -0.1) is 0 Å². The van der Waals surface area contributed by atoms with Gasteiger partial charge in [0.05, 0.1) is 0 Å². The minimum Gasteiger partial charge on any atom is -0.313 e. The molecule has 0 saturated carbocycles. The summed E-state index contributed by atoms with van der Waals surface area (Å²) < 4.78 is 0. The quantitative estimate of drug-likeness (QED) is 0.794. The van der Waals surface area contributed by atoms with Gasteiger partial charge in [0.2, 0.25) is 0 Å². The Morgan fingerprint density at radius 3 is 2.54 bits per heavy atom. The third-order valence-corrected chi connectivity index (χ3v) is 5.07. The molecule has 5 heteroatoms. The SMILES string of the molecule is CC.CN1CCN2C(=O)c3ncccc3CC12c1ccc(Cl)cc1. The highest BCUT2D eigenvalue weighted by atomic mass is 35.5. The monoisotopic (exact) mass is 343 g/mol. The number of benzene rings is 1. The highest BCUT2D eigenvalue weighted by molar-refractivity contribution is 6.30. The van der Waals surface area contributed by atoms with Crippen molar-refractivity contribution in [3.05, 3.63) is 64.4 Å². The van der Waals surface area contributed by atoms with E-state index in [4.69, 9.17) is 11.6 Å². The van der Waals surface area contributed by atoms with E-state index >= 15 is 0 Å². The maximum Gasteiger partial charge on any atom is 0.274 e. The van der Waals surface area contributed by atoms with E-state index in [1.807, 2.05) is 55.1 Å². The van der Waals surface area contributed by atoms with Gasteiger partial charge < -0.3 is 4.90 Å². The third-order valence-electron chi connectivity index (χ3n) is 4.82. The van der Waals surface area contributed by atoms with Crippen LogP contribution in [0.25, 0.3) is 0 Å². The first kappa shape index (κ1) is 16.9. The molecule has 1 atom stereocenters. The fourth-order valence-electron chi connectivity index (χ4n) is 3.69. The smallest absolute Gasteiger partial charge is 0.274 e. The van der Waals surface area contributed by atoms with Crippen LogP contribution in [0.5, 0.6) is 0 Å². The van der Waals surface area contributed by atoms with Crippen LogP contribution in [0.2, 0.25) is 5.02 Å². The molecule has 4 rings (SSSR count). The first-order valence-electron chi connectivity index (χ1n) is 8.36. The summed E-state index contributed by atoms with van der Waals surface area (Å²) in [7, 11) is 2.07. The molecule has 2 aliphatic rings. The van der Waals surface area contributed by atoms with E-state index in [-0.39, 0.29) is 5.91 Å². The number of halogens is 1. The average molecular weight is 344 g/mol. The van der Waals surface area contributed by atoms with E-state index in [1.165, 1.54) is 0 Å². The van der Waals surface area contributed by atoms with Crippen LogP contribution in [0, 0.1) is 0 Å². The summed E-state index contributed by atoms with van der Waals surface area (Å²) in [5, 5.41) is 0.705. The molecule has 0 spiro atoms. The number of aromatic nitrogens is 1. The number of fused-ring (bicyclic) bond motifs is 2. The number of hydrogen-bond donors (Lipinski definition) is 0. The first-order valence-corrected chi connectivity index (χ1v) is 8.74. The van der Waals surface area contributed by atoms with Crippen LogP contribution in [0.1, 0.15) is 35.5 Å². The minimum absolute atomic E-state index is 0.0150. The molecule has 0 radical (unpaired) electrons. The van der Waals surface area contributed by atoms with Crippen molar-refractivity contribution in [2.24, 2.45) is 0 Å². The molecule has 1 unspecified atom stereocenters. The molecule has 0 aliphatic carbocycles. The number of likely N-dealkylation sites (N-methyl/N-ethyl adjacent to an activating group) is 1. The number of rotatable bonds is 1. The summed E-state index contributed by atoms with van der Waals surface area (Å²) >= 11 is 6.03. The fraction of sp³-hybridized carbons (Fsp3) is 0.368. The predicted molar refractivity (Wildman–Crippen MR) is 96.1 cm³/mol. The number of pyridine rings is 1. The van der Waals surface area contributed by atoms with Gasteiger partial charge in [-0.05, 0) is 36.4 Å². The van der Waals surface area contributed by atoms with Gasteiger partial charge in [0.25, 0.3) is 5.91 Å². The van der Waals surface area contributed by atoms with E-state index < -0.39 is 5.66 Å². The predicted octanol–water partition coefficient (Wildman–Crippen LogP) is 3.56. The summed E-state index contributed by atoms with van der Waals surface area (Å²) in [6, 6.07) is 11.7. The molecule has 0 bridgehead atoms. The summed E-state index contributed by atoms with van der Waals surface area (Å²) in [5.74, 6) is 0.0150. The zero-order chi connectivity index (χ0) is 17.3. The second-order valence-electron chi connectivity index (χ2n) is 5.89. The maximum absolute atomic E-state index is 12.9. The Kier molecular flexibility index (Phi) is 4.61. The van der Waals surface area contributed by atoms with Crippen molar-refractivity contribution in [1.29, 1.82) is 0 Å². The van der Waals surface area contributed by atoms with Crippen molar-refractivity contribution >= 4 is 17.5 Å². The highest BCUT2D eigenvalue weighted by Gasteiger charge is 2.52. The van der Waals surface area contributed by atoms with Crippen molar-refractivity contribution in [2.45, 2.75) is 25.9 Å². The molecular weight excluding hydrogens is 322 g/mol. The molecule has 2 aromatic rings. The van der Waals surface area contributed by atoms with Gasteiger partial charge in [-0.25, -0.2) is 0 Å². The lowest BCUT2D eigenvalue weighted by Crippen LogP contribution is -2.56. The van der Waals surface area contributed by atoms with Crippen molar-refractivity contribution in [1.82, 2.24) is 14.8 Å². The molecule has 1 fully saturated rings. The van der Waals surface area contributed by atoms with Gasteiger partial charge in [-0.1, -0.05) is 43.6 Å². The third kappa shape index (κ3) is 2.41. The minimum atomic E-state index is -0.433. The Bertz CT molecular complexity index is 747. The van der Waals surface area contributed by atoms with Crippen LogP contribution < -0.4 is 0 Å². The molecule has 24 heavy (non-hydrogen) atoms. The van der Waals surface area contributed by atoms with Crippen molar-refractivity contribution in [3.63, 3.8) is 0 Å². The molecule has 1 saturated heterocycles. The second kappa shape index (κ2) is 6.54. The van der Waals surface area contributed by atoms with Gasteiger partial charge in [-0.3, -0.25) is 14.7 Å². The normalized spacial score (nSPS) is 22.5. The summed E-state index contributed by atoms with van der Waals surface area (Å²) in [4.78, 5) is 21.4. The highest BCUT2D eigenvalue weighted by Crippen LogP contribution is 2.43. The first-order chi connectivity index (χ1) is 11.6.